The van der Waals surface area contributed by atoms with Crippen molar-refractivity contribution in [3.05, 3.63) is 65.9 Å². The highest BCUT2D eigenvalue weighted by molar-refractivity contribution is 5.97. The Labute approximate surface area is 187 Å². The molecule has 1 aromatic heterocycles. The minimum Gasteiger partial charge on any atom is -0.489 e. The molecule has 2 aromatic carbocycles. The number of anilines is 2. The highest BCUT2D eigenvalue weighted by atomic mass is 16.5. The van der Waals surface area contributed by atoms with Crippen molar-refractivity contribution in [1.82, 2.24) is 9.88 Å². The molecule has 1 fully saturated rings. The highest BCUT2D eigenvalue weighted by Crippen LogP contribution is 2.37. The molecular weight excluding hydrogens is 400 g/mol. The van der Waals surface area contributed by atoms with Gasteiger partial charge in [-0.1, -0.05) is 24.3 Å². The molecule has 6 rings (SSSR count). The summed E-state index contributed by atoms with van der Waals surface area (Å²) in [6, 6.07) is 13.1. The second kappa shape index (κ2) is 8.02. The van der Waals surface area contributed by atoms with Gasteiger partial charge in [-0.2, -0.15) is 0 Å². The lowest BCUT2D eigenvalue weighted by atomic mass is 9.94. The number of carbonyl (C=O) groups excluding carboxylic acids is 1. The molecule has 1 amide bonds. The van der Waals surface area contributed by atoms with Crippen LogP contribution in [-0.2, 0) is 17.6 Å². The molecule has 3 aliphatic rings. The monoisotopic (exact) mass is 428 g/mol. The van der Waals surface area contributed by atoms with E-state index in [1.807, 2.05) is 18.2 Å². The van der Waals surface area contributed by atoms with Crippen molar-refractivity contribution >= 4 is 28.2 Å². The maximum Gasteiger partial charge on any atom is 0.224 e. The Kier molecular flexibility index (Phi) is 4.87. The molecular formula is C26H28N4O2. The average molecular weight is 429 g/mol. The van der Waals surface area contributed by atoms with Crippen molar-refractivity contribution < 1.29 is 9.53 Å². The minimum absolute atomic E-state index is 0.0806. The fourth-order valence-corrected chi connectivity index (χ4v) is 5.34. The Bertz CT molecular complexity index is 1200. The van der Waals surface area contributed by atoms with E-state index in [2.05, 4.69) is 56.6 Å². The summed E-state index contributed by atoms with van der Waals surface area (Å²) in [6.07, 6.45) is 8.96. The molecule has 0 saturated carbocycles. The van der Waals surface area contributed by atoms with E-state index in [9.17, 15) is 4.79 Å². The summed E-state index contributed by atoms with van der Waals surface area (Å²) in [6.45, 7) is 4.70. The third-order valence-corrected chi connectivity index (χ3v) is 6.95. The van der Waals surface area contributed by atoms with Gasteiger partial charge in [-0.25, -0.2) is 0 Å². The zero-order chi connectivity index (χ0) is 21.5. The summed E-state index contributed by atoms with van der Waals surface area (Å²) in [4.78, 5) is 20.2. The normalized spacial score (nSPS) is 20.3. The second-order valence-electron chi connectivity index (χ2n) is 8.97. The van der Waals surface area contributed by atoms with Gasteiger partial charge in [0, 0.05) is 73.2 Å². The third kappa shape index (κ3) is 3.54. The van der Waals surface area contributed by atoms with Crippen LogP contribution in [0.5, 0.6) is 5.75 Å². The fraction of sp³-hybridized carbons (Fsp3) is 0.346. The second-order valence-corrected chi connectivity index (χ2v) is 8.97. The first kappa shape index (κ1) is 19.4. The predicted octanol–water partition coefficient (Wildman–Crippen LogP) is 3.73. The van der Waals surface area contributed by atoms with Crippen molar-refractivity contribution in [3.8, 4) is 5.75 Å². The summed E-state index contributed by atoms with van der Waals surface area (Å²) < 4.78 is 5.88. The Hall–Kier alpha value is -3.25. The quantitative estimate of drug-likeness (QED) is 0.608. The van der Waals surface area contributed by atoms with Crippen molar-refractivity contribution in [2.45, 2.75) is 25.3 Å². The molecule has 3 aromatic rings. The molecule has 4 heterocycles. The number of fused-ring (bicyclic) bond motifs is 3. The SMILES string of the molecule is O=C1CCc2ccc(OC/C=C/CN3CCN4c5cccc6[nH]cc(c56)CC4C3)cc2N1. The van der Waals surface area contributed by atoms with E-state index in [4.69, 9.17) is 4.74 Å². The van der Waals surface area contributed by atoms with Gasteiger partial charge in [0.25, 0.3) is 0 Å². The Morgan fingerprint density at radius 3 is 3.03 bits per heavy atom. The number of aromatic nitrogens is 1. The number of ether oxygens (including phenoxy) is 1. The van der Waals surface area contributed by atoms with Gasteiger partial charge in [-0.3, -0.25) is 9.69 Å². The van der Waals surface area contributed by atoms with Gasteiger partial charge in [-0.05, 0) is 42.2 Å². The molecule has 6 nitrogen and oxygen atoms in total. The lowest BCUT2D eigenvalue weighted by Crippen LogP contribution is -2.55. The highest BCUT2D eigenvalue weighted by Gasteiger charge is 2.32. The van der Waals surface area contributed by atoms with E-state index in [1.165, 1.54) is 27.7 Å². The molecule has 164 valence electrons. The zero-order valence-electron chi connectivity index (χ0n) is 18.1. The van der Waals surface area contributed by atoms with Gasteiger partial charge >= 0.3 is 0 Å². The molecule has 1 atom stereocenters. The maximum atomic E-state index is 11.6. The van der Waals surface area contributed by atoms with Crippen LogP contribution >= 0.6 is 0 Å². The van der Waals surface area contributed by atoms with Crippen LogP contribution in [0.2, 0.25) is 0 Å². The van der Waals surface area contributed by atoms with E-state index >= 15 is 0 Å². The number of benzene rings is 2. The van der Waals surface area contributed by atoms with Crippen LogP contribution in [-0.4, -0.2) is 54.6 Å². The Balaban J connectivity index is 1.02. The summed E-state index contributed by atoms with van der Waals surface area (Å²) in [5.41, 5.74) is 6.15. The molecule has 0 aliphatic carbocycles. The first-order chi connectivity index (χ1) is 15.7. The van der Waals surface area contributed by atoms with E-state index in [1.54, 1.807) is 0 Å². The Morgan fingerprint density at radius 1 is 1.09 bits per heavy atom. The van der Waals surface area contributed by atoms with Gasteiger partial charge in [-0.15, -0.1) is 0 Å². The predicted molar refractivity (Wildman–Crippen MR) is 128 cm³/mol. The molecule has 32 heavy (non-hydrogen) atoms. The van der Waals surface area contributed by atoms with Gasteiger partial charge < -0.3 is 19.9 Å². The molecule has 3 aliphatic heterocycles. The minimum atomic E-state index is 0.0806. The maximum absolute atomic E-state index is 11.6. The number of hydrogen-bond acceptors (Lipinski definition) is 4. The van der Waals surface area contributed by atoms with Crippen LogP contribution < -0.4 is 15.0 Å². The number of nitrogens with one attached hydrogen (secondary N) is 2. The summed E-state index contributed by atoms with van der Waals surface area (Å²) in [7, 11) is 0. The number of hydrogen-bond donors (Lipinski definition) is 2. The topological polar surface area (TPSA) is 60.6 Å². The van der Waals surface area contributed by atoms with Crippen LogP contribution in [0.1, 0.15) is 17.5 Å². The molecule has 0 bridgehead atoms. The molecule has 1 unspecified atom stereocenters. The van der Waals surface area contributed by atoms with Crippen molar-refractivity contribution in [2.24, 2.45) is 0 Å². The number of carbonyl (C=O) groups is 1. The first-order valence-electron chi connectivity index (χ1n) is 11.5. The van der Waals surface area contributed by atoms with Gasteiger partial charge in [0.2, 0.25) is 5.91 Å². The molecule has 0 radical (unpaired) electrons. The largest absolute Gasteiger partial charge is 0.489 e. The van der Waals surface area contributed by atoms with Crippen molar-refractivity contribution in [2.75, 3.05) is 43.0 Å². The lowest BCUT2D eigenvalue weighted by Gasteiger charge is -2.45. The van der Waals surface area contributed by atoms with Crippen LogP contribution in [0, 0.1) is 0 Å². The smallest absolute Gasteiger partial charge is 0.224 e. The molecule has 0 spiro atoms. The Morgan fingerprint density at radius 2 is 2.06 bits per heavy atom. The number of H-pyrrole nitrogens is 1. The number of nitrogens with zero attached hydrogens (tertiary/aromatic N) is 2. The molecule has 6 heteroatoms. The van der Waals surface area contributed by atoms with Gasteiger partial charge in [0.1, 0.15) is 12.4 Å². The lowest BCUT2D eigenvalue weighted by molar-refractivity contribution is -0.116. The number of rotatable bonds is 5. The number of aromatic amines is 1. The van der Waals surface area contributed by atoms with Crippen molar-refractivity contribution in [1.29, 1.82) is 0 Å². The third-order valence-electron chi connectivity index (χ3n) is 6.95. The number of piperazine rings is 1. The number of amides is 1. The summed E-state index contributed by atoms with van der Waals surface area (Å²) >= 11 is 0. The van der Waals surface area contributed by atoms with E-state index < -0.39 is 0 Å². The van der Waals surface area contributed by atoms with E-state index in [0.29, 0.717) is 19.1 Å². The van der Waals surface area contributed by atoms with E-state index in [-0.39, 0.29) is 5.91 Å². The fourth-order valence-electron chi connectivity index (χ4n) is 5.34. The molecule has 2 N–H and O–H groups in total. The van der Waals surface area contributed by atoms with Crippen molar-refractivity contribution in [3.63, 3.8) is 0 Å². The summed E-state index contributed by atoms with van der Waals surface area (Å²) in [5, 5.41) is 4.34. The van der Waals surface area contributed by atoms with Crippen LogP contribution in [0.15, 0.2) is 54.7 Å². The summed E-state index contributed by atoms with van der Waals surface area (Å²) in [5.74, 6) is 0.875. The van der Waals surface area contributed by atoms with Crippen LogP contribution in [0.3, 0.4) is 0 Å². The van der Waals surface area contributed by atoms with E-state index in [0.717, 1.165) is 50.5 Å². The van der Waals surface area contributed by atoms with Crippen LogP contribution in [0.25, 0.3) is 10.9 Å². The standard InChI is InChI=1S/C26H28N4O2/c31-25-9-7-18-6-8-21(15-23(18)28-25)32-13-2-1-10-29-11-12-30-20(17-29)14-19-16-27-22-4-3-5-24(30)26(19)22/h1-6,8,15-16,20,27H,7,9-14,17H2,(H,28,31)/b2-1+. The zero-order valence-corrected chi connectivity index (χ0v) is 18.1. The first-order valence-corrected chi connectivity index (χ1v) is 11.5. The van der Waals surface area contributed by atoms with Gasteiger partial charge in [0.15, 0.2) is 0 Å². The number of aryl methyl sites for hydroxylation is 1. The average Bonchev–Trinajstić information content (AvgIpc) is 3.22. The van der Waals surface area contributed by atoms with Crippen LogP contribution in [0.4, 0.5) is 11.4 Å². The van der Waals surface area contributed by atoms with Gasteiger partial charge in [0.05, 0.1) is 0 Å². The molecule has 1 saturated heterocycles.